The number of carbonyl (C=O) groups excluding carboxylic acids is 1. The standard InChI is InChI=1S/C15H25N5O/c1-15(2,3)19-14(21)18-10-12-4-8-20(9-5-12)13-11-16-6-7-17-13/h6-7,11-12H,4-5,8-10H2,1-3H3,(H2,18,19,21). The molecular formula is C15H25N5O. The maximum absolute atomic E-state index is 11.7. The van der Waals surface area contributed by atoms with E-state index < -0.39 is 0 Å². The fraction of sp³-hybridized carbons (Fsp3) is 0.667. The second-order valence-electron chi connectivity index (χ2n) is 6.58. The summed E-state index contributed by atoms with van der Waals surface area (Å²) in [5.41, 5.74) is -0.195. The number of carbonyl (C=O) groups is 1. The molecule has 21 heavy (non-hydrogen) atoms. The van der Waals surface area contributed by atoms with Crippen molar-refractivity contribution in [3.63, 3.8) is 0 Å². The molecule has 0 saturated carbocycles. The third-order valence-corrected chi connectivity index (χ3v) is 3.53. The molecule has 0 aliphatic carbocycles. The van der Waals surface area contributed by atoms with Gasteiger partial charge < -0.3 is 15.5 Å². The molecule has 0 radical (unpaired) electrons. The van der Waals surface area contributed by atoms with Crippen molar-refractivity contribution in [2.75, 3.05) is 24.5 Å². The van der Waals surface area contributed by atoms with Crippen LogP contribution in [0.5, 0.6) is 0 Å². The summed E-state index contributed by atoms with van der Waals surface area (Å²) in [6.45, 7) is 8.60. The van der Waals surface area contributed by atoms with Crippen molar-refractivity contribution in [1.29, 1.82) is 0 Å². The number of hydrogen-bond donors (Lipinski definition) is 2. The Balaban J connectivity index is 1.71. The molecule has 1 aromatic rings. The molecule has 1 aliphatic heterocycles. The first-order chi connectivity index (χ1) is 9.94. The Labute approximate surface area is 126 Å². The Morgan fingerprint density at radius 3 is 2.62 bits per heavy atom. The number of anilines is 1. The number of nitrogens with zero attached hydrogens (tertiary/aromatic N) is 3. The van der Waals surface area contributed by atoms with Crippen molar-refractivity contribution in [3.05, 3.63) is 18.6 Å². The van der Waals surface area contributed by atoms with Gasteiger partial charge in [0.1, 0.15) is 5.82 Å². The van der Waals surface area contributed by atoms with Crippen LogP contribution in [0.15, 0.2) is 18.6 Å². The van der Waals surface area contributed by atoms with Gasteiger partial charge in [0.25, 0.3) is 0 Å². The van der Waals surface area contributed by atoms with Gasteiger partial charge in [-0.1, -0.05) is 0 Å². The molecule has 2 N–H and O–H groups in total. The molecule has 2 amide bonds. The van der Waals surface area contributed by atoms with Gasteiger partial charge in [-0.2, -0.15) is 0 Å². The van der Waals surface area contributed by atoms with E-state index in [2.05, 4.69) is 25.5 Å². The van der Waals surface area contributed by atoms with Gasteiger partial charge in [-0.3, -0.25) is 4.98 Å². The van der Waals surface area contributed by atoms with Gasteiger partial charge in [0.2, 0.25) is 0 Å². The Hall–Kier alpha value is -1.85. The molecule has 2 heterocycles. The average Bonchev–Trinajstić information content (AvgIpc) is 2.45. The van der Waals surface area contributed by atoms with Gasteiger partial charge in [0.05, 0.1) is 6.20 Å². The smallest absolute Gasteiger partial charge is 0.315 e. The van der Waals surface area contributed by atoms with Gasteiger partial charge in [0, 0.05) is 37.6 Å². The Morgan fingerprint density at radius 2 is 2.05 bits per heavy atom. The van der Waals surface area contributed by atoms with E-state index in [1.54, 1.807) is 18.6 Å². The number of aromatic nitrogens is 2. The number of hydrogen-bond acceptors (Lipinski definition) is 4. The summed E-state index contributed by atoms with van der Waals surface area (Å²) in [6.07, 6.45) is 7.34. The SMILES string of the molecule is CC(C)(C)NC(=O)NCC1CCN(c2cnccn2)CC1. The molecule has 1 aliphatic rings. The first-order valence-corrected chi connectivity index (χ1v) is 7.51. The third-order valence-electron chi connectivity index (χ3n) is 3.53. The number of piperidine rings is 1. The molecule has 6 nitrogen and oxygen atoms in total. The zero-order valence-corrected chi connectivity index (χ0v) is 13.1. The van der Waals surface area contributed by atoms with Crippen LogP contribution in [0, 0.1) is 5.92 Å². The van der Waals surface area contributed by atoms with Crippen LogP contribution in [0.4, 0.5) is 10.6 Å². The number of nitrogens with one attached hydrogen (secondary N) is 2. The molecule has 0 spiro atoms. The average molecular weight is 291 g/mol. The third kappa shape index (κ3) is 5.21. The van der Waals surface area contributed by atoms with Crippen molar-refractivity contribution in [2.45, 2.75) is 39.2 Å². The molecule has 0 bridgehead atoms. The second kappa shape index (κ2) is 6.74. The van der Waals surface area contributed by atoms with Crippen LogP contribution in [-0.2, 0) is 0 Å². The maximum atomic E-state index is 11.7. The molecule has 1 fully saturated rings. The number of urea groups is 1. The summed E-state index contributed by atoms with van der Waals surface area (Å²) in [4.78, 5) is 22.4. The second-order valence-corrected chi connectivity index (χ2v) is 6.58. The van der Waals surface area contributed by atoms with Gasteiger partial charge in [0.15, 0.2) is 0 Å². The van der Waals surface area contributed by atoms with Crippen molar-refractivity contribution >= 4 is 11.8 Å². The molecule has 1 saturated heterocycles. The minimum absolute atomic E-state index is 0.0844. The lowest BCUT2D eigenvalue weighted by molar-refractivity contribution is 0.228. The summed E-state index contributed by atoms with van der Waals surface area (Å²) in [5, 5.41) is 5.88. The molecule has 1 aromatic heterocycles. The van der Waals surface area contributed by atoms with Crippen LogP contribution in [0.25, 0.3) is 0 Å². The van der Waals surface area contributed by atoms with Crippen LogP contribution >= 0.6 is 0 Å². The highest BCUT2D eigenvalue weighted by Crippen LogP contribution is 2.20. The van der Waals surface area contributed by atoms with Crippen molar-refractivity contribution < 1.29 is 4.79 Å². The largest absolute Gasteiger partial charge is 0.355 e. The lowest BCUT2D eigenvalue weighted by Gasteiger charge is -2.32. The fourth-order valence-corrected chi connectivity index (χ4v) is 2.44. The summed E-state index contributed by atoms with van der Waals surface area (Å²) < 4.78 is 0. The number of rotatable bonds is 3. The minimum atomic E-state index is -0.195. The molecule has 6 heteroatoms. The van der Waals surface area contributed by atoms with Crippen LogP contribution in [0.2, 0.25) is 0 Å². The van der Waals surface area contributed by atoms with Gasteiger partial charge >= 0.3 is 6.03 Å². The van der Waals surface area contributed by atoms with Gasteiger partial charge in [-0.15, -0.1) is 0 Å². The Bertz CT molecular complexity index is 449. The highest BCUT2D eigenvalue weighted by atomic mass is 16.2. The van der Waals surface area contributed by atoms with E-state index >= 15 is 0 Å². The van der Waals surface area contributed by atoms with E-state index in [9.17, 15) is 4.79 Å². The quantitative estimate of drug-likeness (QED) is 0.891. The lowest BCUT2D eigenvalue weighted by Crippen LogP contribution is -2.48. The van der Waals surface area contributed by atoms with E-state index in [0.717, 1.165) is 38.3 Å². The van der Waals surface area contributed by atoms with Gasteiger partial charge in [-0.05, 0) is 39.5 Å². The van der Waals surface area contributed by atoms with E-state index in [4.69, 9.17) is 0 Å². The first kappa shape index (κ1) is 15.5. The molecule has 0 aromatic carbocycles. The minimum Gasteiger partial charge on any atom is -0.355 e. The monoisotopic (exact) mass is 291 g/mol. The van der Waals surface area contributed by atoms with E-state index in [0.29, 0.717) is 5.92 Å². The lowest BCUT2D eigenvalue weighted by atomic mass is 9.97. The normalized spacial score (nSPS) is 16.6. The summed E-state index contributed by atoms with van der Waals surface area (Å²) in [5.74, 6) is 1.47. The maximum Gasteiger partial charge on any atom is 0.315 e. The van der Waals surface area contributed by atoms with Gasteiger partial charge in [-0.25, -0.2) is 9.78 Å². The first-order valence-electron chi connectivity index (χ1n) is 7.51. The van der Waals surface area contributed by atoms with Crippen LogP contribution in [-0.4, -0.2) is 41.2 Å². The highest BCUT2D eigenvalue weighted by Gasteiger charge is 2.21. The van der Waals surface area contributed by atoms with E-state index in [1.165, 1.54) is 0 Å². The predicted octanol–water partition coefficient (Wildman–Crippen LogP) is 1.79. The van der Waals surface area contributed by atoms with Crippen LogP contribution < -0.4 is 15.5 Å². The van der Waals surface area contributed by atoms with Crippen molar-refractivity contribution in [3.8, 4) is 0 Å². The van der Waals surface area contributed by atoms with Crippen LogP contribution in [0.3, 0.4) is 0 Å². The Morgan fingerprint density at radius 1 is 1.33 bits per heavy atom. The fourth-order valence-electron chi connectivity index (χ4n) is 2.44. The van der Waals surface area contributed by atoms with Crippen molar-refractivity contribution in [2.24, 2.45) is 5.92 Å². The summed E-state index contributed by atoms with van der Waals surface area (Å²) >= 11 is 0. The van der Waals surface area contributed by atoms with Crippen molar-refractivity contribution in [1.82, 2.24) is 20.6 Å². The van der Waals surface area contributed by atoms with Crippen LogP contribution in [0.1, 0.15) is 33.6 Å². The zero-order chi connectivity index (χ0) is 15.3. The molecule has 2 rings (SSSR count). The molecule has 0 unspecified atom stereocenters. The topological polar surface area (TPSA) is 70.2 Å². The van der Waals surface area contributed by atoms with E-state index in [-0.39, 0.29) is 11.6 Å². The molecule has 116 valence electrons. The van der Waals surface area contributed by atoms with E-state index in [1.807, 2.05) is 20.8 Å². The summed E-state index contributed by atoms with van der Waals surface area (Å²) in [6, 6.07) is -0.0844. The number of amides is 2. The molecular weight excluding hydrogens is 266 g/mol. The predicted molar refractivity (Wildman–Crippen MR) is 83.3 cm³/mol. The zero-order valence-electron chi connectivity index (χ0n) is 13.1. The molecule has 0 atom stereocenters. The summed E-state index contributed by atoms with van der Waals surface area (Å²) in [7, 11) is 0. The highest BCUT2D eigenvalue weighted by molar-refractivity contribution is 5.74. The Kier molecular flexibility index (Phi) is 4.98.